The number of ether oxygens (including phenoxy) is 1. The summed E-state index contributed by atoms with van der Waals surface area (Å²) in [6.07, 6.45) is 0. The zero-order valence-electron chi connectivity index (χ0n) is 12.0. The van der Waals surface area contributed by atoms with Crippen LogP contribution in [-0.2, 0) is 11.3 Å². The fraction of sp³-hybridized carbons (Fsp3) is 0.125. The molecule has 118 valence electrons. The van der Waals surface area contributed by atoms with Crippen LogP contribution in [0.3, 0.4) is 0 Å². The second-order valence-corrected chi connectivity index (χ2v) is 4.58. The van der Waals surface area contributed by atoms with Gasteiger partial charge in [-0.25, -0.2) is 18.0 Å². The van der Waals surface area contributed by atoms with Crippen LogP contribution in [0.25, 0.3) is 0 Å². The second-order valence-electron chi connectivity index (χ2n) is 4.58. The van der Waals surface area contributed by atoms with Gasteiger partial charge >= 0.3 is 5.97 Å². The van der Waals surface area contributed by atoms with Crippen LogP contribution in [-0.4, -0.2) is 13.1 Å². The number of carbonyl (C=O) groups excluding carboxylic acids is 1. The van der Waals surface area contributed by atoms with Gasteiger partial charge in [0, 0.05) is 12.1 Å². The summed E-state index contributed by atoms with van der Waals surface area (Å²) in [7, 11) is 1.19. The molecule has 2 rings (SSSR count). The number of nitriles is 1. The van der Waals surface area contributed by atoms with Crippen LogP contribution >= 0.6 is 0 Å². The van der Waals surface area contributed by atoms with E-state index in [1.807, 2.05) is 0 Å². The SMILES string of the molecule is COC(=O)c1ccc(F)c(CNc2c(F)cc(C#N)cc2F)c1. The normalized spacial score (nSPS) is 10.0. The molecule has 0 heterocycles. The Morgan fingerprint density at radius 3 is 2.39 bits per heavy atom. The molecule has 4 nitrogen and oxygen atoms in total. The van der Waals surface area contributed by atoms with Crippen LogP contribution in [0.5, 0.6) is 0 Å². The van der Waals surface area contributed by atoms with Crippen LogP contribution in [0.2, 0.25) is 0 Å². The first-order chi connectivity index (χ1) is 11.0. The largest absolute Gasteiger partial charge is 0.465 e. The molecule has 23 heavy (non-hydrogen) atoms. The van der Waals surface area contributed by atoms with E-state index in [2.05, 4.69) is 10.1 Å². The summed E-state index contributed by atoms with van der Waals surface area (Å²) in [4.78, 5) is 11.4. The zero-order chi connectivity index (χ0) is 17.0. The average molecular weight is 320 g/mol. The highest BCUT2D eigenvalue weighted by molar-refractivity contribution is 5.89. The quantitative estimate of drug-likeness (QED) is 0.877. The van der Waals surface area contributed by atoms with Crippen molar-refractivity contribution in [2.45, 2.75) is 6.54 Å². The molecule has 0 aliphatic rings. The number of rotatable bonds is 4. The first-order valence-electron chi connectivity index (χ1n) is 6.46. The van der Waals surface area contributed by atoms with Crippen molar-refractivity contribution in [3.63, 3.8) is 0 Å². The van der Waals surface area contributed by atoms with E-state index >= 15 is 0 Å². The van der Waals surface area contributed by atoms with E-state index in [-0.39, 0.29) is 23.2 Å². The van der Waals surface area contributed by atoms with E-state index < -0.39 is 29.1 Å². The number of halogens is 3. The Kier molecular flexibility index (Phi) is 4.86. The van der Waals surface area contributed by atoms with E-state index in [9.17, 15) is 18.0 Å². The van der Waals surface area contributed by atoms with Crippen molar-refractivity contribution in [2.24, 2.45) is 0 Å². The maximum atomic E-state index is 13.7. The summed E-state index contributed by atoms with van der Waals surface area (Å²) in [5.74, 6) is -3.22. The maximum absolute atomic E-state index is 13.7. The minimum absolute atomic E-state index is 0.0380. The van der Waals surface area contributed by atoms with Crippen LogP contribution in [0.1, 0.15) is 21.5 Å². The minimum Gasteiger partial charge on any atom is -0.465 e. The third-order valence-corrected chi connectivity index (χ3v) is 3.09. The molecule has 0 saturated heterocycles. The van der Waals surface area contributed by atoms with Gasteiger partial charge in [0.15, 0.2) is 11.6 Å². The lowest BCUT2D eigenvalue weighted by Crippen LogP contribution is -2.08. The number of benzene rings is 2. The van der Waals surface area contributed by atoms with Gasteiger partial charge in [-0.05, 0) is 30.3 Å². The summed E-state index contributed by atoms with van der Waals surface area (Å²) in [5, 5.41) is 11.1. The van der Waals surface area contributed by atoms with Gasteiger partial charge in [0.25, 0.3) is 0 Å². The number of anilines is 1. The van der Waals surface area contributed by atoms with Crippen molar-refractivity contribution in [3.05, 3.63) is 64.5 Å². The molecule has 2 aromatic carbocycles. The number of carbonyl (C=O) groups is 1. The topological polar surface area (TPSA) is 62.1 Å². The lowest BCUT2D eigenvalue weighted by Gasteiger charge is -2.11. The van der Waals surface area contributed by atoms with Crippen molar-refractivity contribution in [3.8, 4) is 6.07 Å². The van der Waals surface area contributed by atoms with Gasteiger partial charge in [-0.2, -0.15) is 5.26 Å². The summed E-state index contributed by atoms with van der Waals surface area (Å²) in [5.41, 5.74) is -0.487. The molecule has 0 spiro atoms. The van der Waals surface area contributed by atoms with Crippen LogP contribution in [0, 0.1) is 28.8 Å². The van der Waals surface area contributed by atoms with Gasteiger partial charge < -0.3 is 10.1 Å². The van der Waals surface area contributed by atoms with E-state index in [1.165, 1.54) is 19.2 Å². The van der Waals surface area contributed by atoms with Crippen LogP contribution < -0.4 is 5.32 Å². The molecule has 0 unspecified atom stereocenters. The van der Waals surface area contributed by atoms with E-state index in [1.54, 1.807) is 6.07 Å². The molecule has 0 bridgehead atoms. The number of nitrogens with zero attached hydrogens (tertiary/aromatic N) is 1. The van der Waals surface area contributed by atoms with Crippen LogP contribution in [0.15, 0.2) is 30.3 Å². The fourth-order valence-corrected chi connectivity index (χ4v) is 1.95. The number of hydrogen-bond acceptors (Lipinski definition) is 4. The lowest BCUT2D eigenvalue weighted by atomic mass is 10.1. The molecule has 0 saturated carbocycles. The molecule has 0 fully saturated rings. The standard InChI is InChI=1S/C16H11F3N2O2/c1-23-16(22)10-2-3-12(17)11(6-10)8-21-15-13(18)4-9(7-20)5-14(15)19/h2-6,21H,8H2,1H3. The molecule has 0 aliphatic carbocycles. The van der Waals surface area contributed by atoms with Gasteiger partial charge in [0.1, 0.15) is 11.5 Å². The summed E-state index contributed by atoms with van der Waals surface area (Å²) in [6, 6.07) is 6.90. The molecule has 0 radical (unpaired) electrons. The van der Waals surface area contributed by atoms with Gasteiger partial charge in [-0.1, -0.05) is 0 Å². The smallest absolute Gasteiger partial charge is 0.337 e. The Morgan fingerprint density at radius 1 is 1.17 bits per heavy atom. The van der Waals surface area contributed by atoms with Crippen molar-refractivity contribution in [2.75, 3.05) is 12.4 Å². The van der Waals surface area contributed by atoms with Crippen molar-refractivity contribution >= 4 is 11.7 Å². The Bertz CT molecular complexity index is 777. The number of nitrogens with one attached hydrogen (secondary N) is 1. The van der Waals surface area contributed by atoms with Gasteiger partial charge in [0.2, 0.25) is 0 Å². The first kappa shape index (κ1) is 16.4. The predicted molar refractivity (Wildman–Crippen MR) is 76.1 cm³/mol. The van der Waals surface area contributed by atoms with Crippen molar-refractivity contribution in [1.29, 1.82) is 5.26 Å². The summed E-state index contributed by atoms with van der Waals surface area (Å²) < 4.78 is 45.7. The van der Waals surface area contributed by atoms with Crippen LogP contribution in [0.4, 0.5) is 18.9 Å². The molecular formula is C16H11F3N2O2. The fourth-order valence-electron chi connectivity index (χ4n) is 1.95. The molecule has 0 atom stereocenters. The van der Waals surface area contributed by atoms with E-state index in [4.69, 9.17) is 5.26 Å². The highest BCUT2D eigenvalue weighted by atomic mass is 19.1. The Hall–Kier alpha value is -3.01. The van der Waals surface area contributed by atoms with Gasteiger partial charge in [0.05, 0.1) is 24.3 Å². The lowest BCUT2D eigenvalue weighted by molar-refractivity contribution is 0.0600. The molecule has 0 aromatic heterocycles. The van der Waals surface area contributed by atoms with Crippen molar-refractivity contribution in [1.82, 2.24) is 0 Å². The maximum Gasteiger partial charge on any atom is 0.337 e. The highest BCUT2D eigenvalue weighted by Gasteiger charge is 2.14. The monoisotopic (exact) mass is 320 g/mol. The molecule has 1 N–H and O–H groups in total. The van der Waals surface area contributed by atoms with Crippen molar-refractivity contribution < 1.29 is 22.7 Å². The predicted octanol–water partition coefficient (Wildman–Crippen LogP) is 3.37. The third-order valence-electron chi connectivity index (χ3n) is 3.09. The first-order valence-corrected chi connectivity index (χ1v) is 6.46. The molecule has 7 heteroatoms. The molecule has 0 aliphatic heterocycles. The Labute approximate surface area is 130 Å². The number of methoxy groups -OCH3 is 1. The van der Waals surface area contributed by atoms with E-state index in [0.717, 1.165) is 18.2 Å². The Balaban J connectivity index is 2.25. The average Bonchev–Trinajstić information content (AvgIpc) is 2.54. The molecule has 2 aromatic rings. The summed E-state index contributed by atoms with van der Waals surface area (Å²) >= 11 is 0. The number of esters is 1. The number of hydrogen-bond donors (Lipinski definition) is 1. The van der Waals surface area contributed by atoms with Gasteiger partial charge in [-0.15, -0.1) is 0 Å². The van der Waals surface area contributed by atoms with E-state index in [0.29, 0.717) is 0 Å². The zero-order valence-corrected chi connectivity index (χ0v) is 12.0. The highest BCUT2D eigenvalue weighted by Crippen LogP contribution is 2.22. The molecular weight excluding hydrogens is 309 g/mol. The molecule has 0 amide bonds. The Morgan fingerprint density at radius 2 is 1.83 bits per heavy atom. The third kappa shape index (κ3) is 3.61. The summed E-state index contributed by atoms with van der Waals surface area (Å²) in [6.45, 7) is -0.254. The minimum atomic E-state index is -0.967. The second kappa shape index (κ2) is 6.83. The van der Waals surface area contributed by atoms with Gasteiger partial charge in [-0.3, -0.25) is 0 Å².